The van der Waals surface area contributed by atoms with E-state index in [0.29, 0.717) is 13.0 Å². The summed E-state index contributed by atoms with van der Waals surface area (Å²) in [7, 11) is 1.90. The van der Waals surface area contributed by atoms with Crippen molar-refractivity contribution in [2.24, 2.45) is 0 Å². The predicted octanol–water partition coefficient (Wildman–Crippen LogP) is 3.08. The Bertz CT molecular complexity index is 427. The minimum Gasteiger partial charge on any atom is -0.354 e. The lowest BCUT2D eigenvalue weighted by Crippen LogP contribution is -2.49. The van der Waals surface area contributed by atoms with E-state index in [-0.39, 0.29) is 42.3 Å². The maximum Gasteiger partial charge on any atom is 0.220 e. The molecule has 4 nitrogen and oxygen atoms in total. The Morgan fingerprint density at radius 3 is 2.35 bits per heavy atom. The van der Waals surface area contributed by atoms with Gasteiger partial charge in [-0.05, 0) is 46.3 Å². The number of rotatable bonds is 9. The van der Waals surface area contributed by atoms with Gasteiger partial charge in [-0.3, -0.25) is 4.79 Å². The molecule has 0 saturated heterocycles. The standard InChI is InChI=1S/C17H29N3O.2ClH/c1-14(15-9-6-5-7-10-15)20-17(2,3)13-19-16(21)11-8-12-18-4;;/h5-7,9-10,14,18,20H,8,11-13H2,1-4H3,(H,19,21);2*1H. The Hall–Kier alpha value is -0.810. The number of carbonyl (C=O) groups excluding carboxylic acids is 1. The third kappa shape index (κ3) is 10.6. The number of hydrogen-bond acceptors (Lipinski definition) is 3. The van der Waals surface area contributed by atoms with Crippen molar-refractivity contribution in [2.45, 2.75) is 45.2 Å². The van der Waals surface area contributed by atoms with Gasteiger partial charge < -0.3 is 16.0 Å². The minimum absolute atomic E-state index is 0. The molecule has 134 valence electrons. The summed E-state index contributed by atoms with van der Waals surface area (Å²) >= 11 is 0. The van der Waals surface area contributed by atoms with Gasteiger partial charge in [0.05, 0.1) is 0 Å². The molecule has 1 unspecified atom stereocenters. The summed E-state index contributed by atoms with van der Waals surface area (Å²) in [5.41, 5.74) is 1.11. The first-order chi connectivity index (χ1) is 9.94. The van der Waals surface area contributed by atoms with E-state index >= 15 is 0 Å². The average molecular weight is 364 g/mol. The van der Waals surface area contributed by atoms with E-state index in [9.17, 15) is 4.79 Å². The van der Waals surface area contributed by atoms with E-state index in [2.05, 4.69) is 48.9 Å². The van der Waals surface area contributed by atoms with E-state index in [4.69, 9.17) is 0 Å². The number of halogens is 2. The van der Waals surface area contributed by atoms with Crippen LogP contribution in [-0.2, 0) is 4.79 Å². The number of hydrogen-bond donors (Lipinski definition) is 3. The summed E-state index contributed by atoms with van der Waals surface area (Å²) in [5.74, 6) is 0.118. The van der Waals surface area contributed by atoms with Crippen molar-refractivity contribution in [3.05, 3.63) is 35.9 Å². The highest BCUT2D eigenvalue weighted by molar-refractivity contribution is 5.85. The molecule has 0 aliphatic carbocycles. The lowest BCUT2D eigenvalue weighted by molar-refractivity contribution is -0.121. The summed E-state index contributed by atoms with van der Waals surface area (Å²) in [6.45, 7) is 7.87. The first-order valence-electron chi connectivity index (χ1n) is 7.68. The lowest BCUT2D eigenvalue weighted by Gasteiger charge is -2.31. The van der Waals surface area contributed by atoms with Gasteiger partial charge in [0.2, 0.25) is 5.91 Å². The fraction of sp³-hybridized carbons (Fsp3) is 0.588. The number of nitrogens with one attached hydrogen (secondary N) is 3. The Morgan fingerprint density at radius 1 is 1.17 bits per heavy atom. The van der Waals surface area contributed by atoms with E-state index in [1.54, 1.807) is 0 Å². The van der Waals surface area contributed by atoms with Crippen LogP contribution in [0.1, 0.15) is 45.2 Å². The molecule has 1 atom stereocenters. The molecule has 0 heterocycles. The molecule has 1 amide bonds. The highest BCUT2D eigenvalue weighted by Gasteiger charge is 2.21. The Morgan fingerprint density at radius 2 is 1.78 bits per heavy atom. The zero-order valence-electron chi connectivity index (χ0n) is 14.5. The van der Waals surface area contributed by atoms with Gasteiger partial charge >= 0.3 is 0 Å². The van der Waals surface area contributed by atoms with Gasteiger partial charge in [-0.15, -0.1) is 24.8 Å². The Kier molecular flexibility index (Phi) is 13.4. The van der Waals surface area contributed by atoms with Crippen LogP contribution in [0.15, 0.2) is 30.3 Å². The molecule has 0 aliphatic heterocycles. The van der Waals surface area contributed by atoms with Crippen LogP contribution in [0.3, 0.4) is 0 Å². The minimum atomic E-state index is -0.145. The van der Waals surface area contributed by atoms with Crippen LogP contribution in [0.5, 0.6) is 0 Å². The van der Waals surface area contributed by atoms with E-state index in [1.165, 1.54) is 5.56 Å². The summed E-state index contributed by atoms with van der Waals surface area (Å²) in [5, 5.41) is 9.62. The van der Waals surface area contributed by atoms with Crippen molar-refractivity contribution in [2.75, 3.05) is 20.1 Å². The van der Waals surface area contributed by atoms with Gasteiger partial charge in [0.1, 0.15) is 0 Å². The first kappa shape index (κ1) is 24.4. The van der Waals surface area contributed by atoms with Crippen LogP contribution in [0.4, 0.5) is 0 Å². The quantitative estimate of drug-likeness (QED) is 0.591. The normalized spacial score (nSPS) is 11.8. The predicted molar refractivity (Wildman–Crippen MR) is 103 cm³/mol. The molecule has 1 aromatic rings. The smallest absolute Gasteiger partial charge is 0.220 e. The summed E-state index contributed by atoms with van der Waals surface area (Å²) in [4.78, 5) is 11.8. The summed E-state index contributed by atoms with van der Waals surface area (Å²) in [6, 6.07) is 10.6. The van der Waals surface area contributed by atoms with Crippen molar-refractivity contribution in [3.8, 4) is 0 Å². The van der Waals surface area contributed by atoms with Crippen LogP contribution in [0, 0.1) is 0 Å². The average Bonchev–Trinajstić information content (AvgIpc) is 2.46. The molecule has 23 heavy (non-hydrogen) atoms. The second kappa shape index (κ2) is 12.6. The second-order valence-corrected chi connectivity index (χ2v) is 6.14. The number of carbonyl (C=O) groups is 1. The third-order valence-corrected chi connectivity index (χ3v) is 3.46. The van der Waals surface area contributed by atoms with Gasteiger partial charge in [0.25, 0.3) is 0 Å². The van der Waals surface area contributed by atoms with Gasteiger partial charge in [-0.2, -0.15) is 0 Å². The molecule has 6 heteroatoms. The molecular formula is C17H31Cl2N3O. The molecule has 3 N–H and O–H groups in total. The van der Waals surface area contributed by atoms with E-state index < -0.39 is 0 Å². The van der Waals surface area contributed by atoms with Crippen molar-refractivity contribution in [1.29, 1.82) is 0 Å². The van der Waals surface area contributed by atoms with E-state index in [0.717, 1.165) is 13.0 Å². The van der Waals surface area contributed by atoms with Gasteiger partial charge in [0, 0.05) is 24.5 Å². The van der Waals surface area contributed by atoms with Gasteiger partial charge in [-0.1, -0.05) is 30.3 Å². The van der Waals surface area contributed by atoms with Gasteiger partial charge in [0.15, 0.2) is 0 Å². The van der Waals surface area contributed by atoms with Crippen molar-refractivity contribution in [1.82, 2.24) is 16.0 Å². The summed E-state index contributed by atoms with van der Waals surface area (Å²) < 4.78 is 0. The molecule has 0 saturated carbocycles. The zero-order chi connectivity index (χ0) is 15.7. The fourth-order valence-corrected chi connectivity index (χ4v) is 2.30. The van der Waals surface area contributed by atoms with Gasteiger partial charge in [-0.25, -0.2) is 0 Å². The Labute approximate surface area is 153 Å². The Balaban J connectivity index is 0. The summed E-state index contributed by atoms with van der Waals surface area (Å²) in [6.07, 6.45) is 1.45. The van der Waals surface area contributed by atoms with E-state index in [1.807, 2.05) is 25.2 Å². The second-order valence-electron chi connectivity index (χ2n) is 6.14. The molecule has 0 aliphatic rings. The highest BCUT2D eigenvalue weighted by Crippen LogP contribution is 2.15. The van der Waals surface area contributed by atoms with Crippen molar-refractivity contribution >= 4 is 30.7 Å². The van der Waals surface area contributed by atoms with Crippen LogP contribution in [0.25, 0.3) is 0 Å². The maximum atomic E-state index is 11.8. The maximum absolute atomic E-state index is 11.8. The first-order valence-corrected chi connectivity index (χ1v) is 7.68. The molecule has 0 spiro atoms. The highest BCUT2D eigenvalue weighted by atomic mass is 35.5. The third-order valence-electron chi connectivity index (χ3n) is 3.46. The largest absolute Gasteiger partial charge is 0.354 e. The van der Waals surface area contributed by atoms with Crippen molar-refractivity contribution in [3.63, 3.8) is 0 Å². The molecule has 0 radical (unpaired) electrons. The molecule has 0 aromatic heterocycles. The van der Waals surface area contributed by atoms with Crippen LogP contribution in [0.2, 0.25) is 0 Å². The van der Waals surface area contributed by atoms with Crippen LogP contribution < -0.4 is 16.0 Å². The molecular weight excluding hydrogens is 333 g/mol. The monoisotopic (exact) mass is 363 g/mol. The molecule has 0 bridgehead atoms. The fourth-order valence-electron chi connectivity index (χ4n) is 2.30. The molecule has 1 rings (SSSR count). The van der Waals surface area contributed by atoms with Crippen molar-refractivity contribution < 1.29 is 4.79 Å². The molecule has 1 aromatic carbocycles. The molecule has 0 fully saturated rings. The lowest BCUT2D eigenvalue weighted by atomic mass is 10.0. The topological polar surface area (TPSA) is 53.2 Å². The number of amides is 1. The number of benzene rings is 1. The van der Waals surface area contributed by atoms with Crippen LogP contribution in [-0.4, -0.2) is 31.6 Å². The van der Waals surface area contributed by atoms with Crippen LogP contribution >= 0.6 is 24.8 Å². The zero-order valence-corrected chi connectivity index (χ0v) is 16.2. The SMILES string of the molecule is CNCCCC(=O)NCC(C)(C)NC(C)c1ccccc1.Cl.Cl.